The van der Waals surface area contributed by atoms with Gasteiger partial charge in [0.05, 0.1) is 6.20 Å². The normalized spacial score (nSPS) is 10.9. The van der Waals surface area contributed by atoms with E-state index in [1.807, 2.05) is 68.7 Å². The van der Waals surface area contributed by atoms with Gasteiger partial charge in [0.15, 0.2) is 0 Å². The molecule has 4 aromatic rings. The topological polar surface area (TPSA) is 72.7 Å². The van der Waals surface area contributed by atoms with Gasteiger partial charge in [0.1, 0.15) is 11.5 Å². The van der Waals surface area contributed by atoms with Gasteiger partial charge in [-0.05, 0) is 35.6 Å². The van der Waals surface area contributed by atoms with Gasteiger partial charge in [-0.3, -0.25) is 9.48 Å². The van der Waals surface area contributed by atoms with Crippen LogP contribution in [0.1, 0.15) is 22.8 Å². The van der Waals surface area contributed by atoms with Crippen molar-refractivity contribution in [2.24, 2.45) is 7.05 Å². The highest BCUT2D eigenvalue weighted by atomic mass is 16.1. The lowest BCUT2D eigenvalue weighted by atomic mass is 10.0. The number of aryl methyl sites for hydroxylation is 2. The maximum atomic E-state index is 12.6. The Morgan fingerprint density at radius 2 is 1.96 bits per heavy atom. The molecule has 0 bridgehead atoms. The van der Waals surface area contributed by atoms with Crippen LogP contribution in [0.15, 0.2) is 60.9 Å². The number of hydrogen-bond acceptors (Lipinski definition) is 4. The molecule has 0 fully saturated rings. The van der Waals surface area contributed by atoms with E-state index >= 15 is 0 Å². The lowest BCUT2D eigenvalue weighted by molar-refractivity contribution is 0.102. The molecule has 4 rings (SSSR count). The van der Waals surface area contributed by atoms with Crippen LogP contribution in [0, 0.1) is 0 Å². The van der Waals surface area contributed by atoms with Gasteiger partial charge in [-0.1, -0.05) is 42.5 Å². The molecule has 0 radical (unpaired) electrons. The SMILES string of the molecule is CCc1ccccc1C(=O)Nc1cc2cc(-c3cn(C)nn3)ccc2cn1. The zero-order valence-electron chi connectivity index (χ0n) is 15.2. The summed E-state index contributed by atoms with van der Waals surface area (Å²) in [6, 6.07) is 15.5. The molecule has 0 aliphatic carbocycles. The summed E-state index contributed by atoms with van der Waals surface area (Å²) in [5, 5.41) is 13.0. The number of rotatable bonds is 4. The molecule has 0 spiro atoms. The molecule has 0 unspecified atom stereocenters. The predicted octanol–water partition coefficient (Wildman–Crippen LogP) is 3.85. The third-order valence-corrected chi connectivity index (χ3v) is 4.50. The molecule has 0 aliphatic rings. The summed E-state index contributed by atoms with van der Waals surface area (Å²) < 4.78 is 1.67. The van der Waals surface area contributed by atoms with E-state index in [0.717, 1.165) is 34.0 Å². The van der Waals surface area contributed by atoms with E-state index in [-0.39, 0.29) is 5.91 Å². The number of nitrogens with one attached hydrogen (secondary N) is 1. The van der Waals surface area contributed by atoms with Gasteiger partial charge >= 0.3 is 0 Å². The van der Waals surface area contributed by atoms with Gasteiger partial charge in [0, 0.05) is 29.8 Å². The van der Waals surface area contributed by atoms with Crippen LogP contribution in [-0.4, -0.2) is 25.9 Å². The third kappa shape index (κ3) is 3.42. The van der Waals surface area contributed by atoms with Crippen LogP contribution in [0.5, 0.6) is 0 Å². The monoisotopic (exact) mass is 357 g/mol. The van der Waals surface area contributed by atoms with Crippen LogP contribution >= 0.6 is 0 Å². The molecule has 0 saturated heterocycles. The fourth-order valence-electron chi connectivity index (χ4n) is 3.08. The standard InChI is InChI=1S/C21H19N5O/c1-3-14-6-4-5-7-18(14)21(27)23-20-11-17-10-15(8-9-16(17)12-22-20)19-13-26(2)25-24-19/h4-13H,3H2,1-2H3,(H,22,23,27). The van der Waals surface area contributed by atoms with E-state index in [0.29, 0.717) is 11.4 Å². The molecule has 27 heavy (non-hydrogen) atoms. The number of carbonyl (C=O) groups is 1. The number of benzene rings is 2. The smallest absolute Gasteiger partial charge is 0.257 e. The molecule has 6 nitrogen and oxygen atoms in total. The highest BCUT2D eigenvalue weighted by Gasteiger charge is 2.11. The van der Waals surface area contributed by atoms with Crippen molar-refractivity contribution in [3.63, 3.8) is 0 Å². The Morgan fingerprint density at radius 1 is 1.11 bits per heavy atom. The second-order valence-corrected chi connectivity index (χ2v) is 6.37. The molecule has 1 N–H and O–H groups in total. The van der Waals surface area contributed by atoms with Gasteiger partial charge in [0.25, 0.3) is 5.91 Å². The number of aromatic nitrogens is 4. The molecule has 2 aromatic heterocycles. The molecule has 1 amide bonds. The van der Waals surface area contributed by atoms with Crippen LogP contribution in [0.2, 0.25) is 0 Å². The molecule has 0 saturated carbocycles. The second-order valence-electron chi connectivity index (χ2n) is 6.37. The van der Waals surface area contributed by atoms with Crippen molar-refractivity contribution in [2.75, 3.05) is 5.32 Å². The first-order chi connectivity index (χ1) is 13.1. The minimum Gasteiger partial charge on any atom is -0.307 e. The number of amides is 1. The first kappa shape index (κ1) is 16.9. The summed E-state index contributed by atoms with van der Waals surface area (Å²) in [6.07, 6.45) is 4.43. The molecule has 0 atom stereocenters. The van der Waals surface area contributed by atoms with E-state index in [2.05, 4.69) is 20.6 Å². The Hall–Kier alpha value is -3.54. The van der Waals surface area contributed by atoms with Crippen LogP contribution in [0.25, 0.3) is 22.0 Å². The maximum Gasteiger partial charge on any atom is 0.257 e. The van der Waals surface area contributed by atoms with Crippen molar-refractivity contribution in [1.82, 2.24) is 20.0 Å². The van der Waals surface area contributed by atoms with Crippen LogP contribution in [0.4, 0.5) is 5.82 Å². The Morgan fingerprint density at radius 3 is 2.74 bits per heavy atom. The zero-order chi connectivity index (χ0) is 18.8. The predicted molar refractivity (Wildman–Crippen MR) is 106 cm³/mol. The number of hydrogen-bond donors (Lipinski definition) is 1. The fraction of sp³-hybridized carbons (Fsp3) is 0.143. The van der Waals surface area contributed by atoms with Crippen molar-refractivity contribution >= 4 is 22.5 Å². The van der Waals surface area contributed by atoms with Gasteiger partial charge < -0.3 is 5.32 Å². The summed E-state index contributed by atoms with van der Waals surface area (Å²) in [4.78, 5) is 17.0. The molecule has 2 aromatic carbocycles. The first-order valence-electron chi connectivity index (χ1n) is 8.80. The lowest BCUT2D eigenvalue weighted by Crippen LogP contribution is -2.14. The van der Waals surface area contributed by atoms with Gasteiger partial charge in [0.2, 0.25) is 0 Å². The molecular weight excluding hydrogens is 338 g/mol. The summed E-state index contributed by atoms with van der Waals surface area (Å²) in [5.74, 6) is 0.374. The number of carbonyl (C=O) groups excluding carboxylic acids is 1. The van der Waals surface area contributed by atoms with Crippen LogP contribution in [0.3, 0.4) is 0 Å². The number of fused-ring (bicyclic) bond motifs is 1. The van der Waals surface area contributed by atoms with Gasteiger partial charge in [-0.15, -0.1) is 5.10 Å². The highest BCUT2D eigenvalue weighted by Crippen LogP contribution is 2.24. The van der Waals surface area contributed by atoms with E-state index in [1.165, 1.54) is 0 Å². The summed E-state index contributed by atoms with van der Waals surface area (Å²) in [6.45, 7) is 2.04. The van der Waals surface area contributed by atoms with Crippen molar-refractivity contribution in [3.8, 4) is 11.3 Å². The Balaban J connectivity index is 1.65. The highest BCUT2D eigenvalue weighted by molar-refractivity contribution is 6.05. The quantitative estimate of drug-likeness (QED) is 0.602. The summed E-state index contributed by atoms with van der Waals surface area (Å²) >= 11 is 0. The molecule has 0 aliphatic heterocycles. The second kappa shape index (κ2) is 6.99. The van der Waals surface area contributed by atoms with E-state index < -0.39 is 0 Å². The Kier molecular flexibility index (Phi) is 4.38. The van der Waals surface area contributed by atoms with Crippen LogP contribution < -0.4 is 5.32 Å². The third-order valence-electron chi connectivity index (χ3n) is 4.50. The average Bonchev–Trinajstić information content (AvgIpc) is 3.13. The number of anilines is 1. The molecule has 6 heteroatoms. The minimum atomic E-state index is -0.149. The summed E-state index contributed by atoms with van der Waals surface area (Å²) in [7, 11) is 1.84. The van der Waals surface area contributed by atoms with Crippen molar-refractivity contribution < 1.29 is 4.79 Å². The number of pyridine rings is 1. The molecule has 2 heterocycles. The lowest BCUT2D eigenvalue weighted by Gasteiger charge is -2.09. The maximum absolute atomic E-state index is 12.6. The van der Waals surface area contributed by atoms with Crippen molar-refractivity contribution in [3.05, 3.63) is 72.1 Å². The molecular formula is C21H19N5O. The Labute approximate surface area is 156 Å². The van der Waals surface area contributed by atoms with Crippen LogP contribution in [-0.2, 0) is 13.5 Å². The Bertz CT molecular complexity index is 1130. The molecule has 134 valence electrons. The van der Waals surface area contributed by atoms with Crippen molar-refractivity contribution in [2.45, 2.75) is 13.3 Å². The fourth-order valence-corrected chi connectivity index (χ4v) is 3.08. The average molecular weight is 357 g/mol. The van der Waals surface area contributed by atoms with E-state index in [9.17, 15) is 4.79 Å². The number of nitrogens with zero attached hydrogens (tertiary/aromatic N) is 4. The van der Waals surface area contributed by atoms with Gasteiger partial charge in [-0.25, -0.2) is 4.98 Å². The van der Waals surface area contributed by atoms with Crippen molar-refractivity contribution in [1.29, 1.82) is 0 Å². The summed E-state index contributed by atoms with van der Waals surface area (Å²) in [5.41, 5.74) is 3.46. The minimum absolute atomic E-state index is 0.149. The zero-order valence-corrected chi connectivity index (χ0v) is 15.2. The first-order valence-corrected chi connectivity index (χ1v) is 8.80. The van der Waals surface area contributed by atoms with E-state index in [1.54, 1.807) is 10.9 Å². The van der Waals surface area contributed by atoms with Gasteiger partial charge in [-0.2, -0.15) is 0 Å². The van der Waals surface area contributed by atoms with E-state index in [4.69, 9.17) is 0 Å². The largest absolute Gasteiger partial charge is 0.307 e.